The van der Waals surface area contributed by atoms with Gasteiger partial charge in [0.1, 0.15) is 11.5 Å². The van der Waals surface area contributed by atoms with Crippen molar-refractivity contribution in [2.75, 3.05) is 0 Å². The highest BCUT2D eigenvalue weighted by atomic mass is 16.5. The first kappa shape index (κ1) is 19.7. The van der Waals surface area contributed by atoms with E-state index in [1.807, 2.05) is 13.8 Å². The normalized spacial score (nSPS) is 17.4. The van der Waals surface area contributed by atoms with Crippen molar-refractivity contribution in [1.82, 2.24) is 0 Å². The summed E-state index contributed by atoms with van der Waals surface area (Å²) in [6.45, 7) is 14.4. The Hall–Kier alpha value is -2.62. The molecule has 0 aromatic rings. The number of ether oxygens (including phenoxy) is 2. The summed E-state index contributed by atoms with van der Waals surface area (Å²) in [7, 11) is 0. The summed E-state index contributed by atoms with van der Waals surface area (Å²) in [5, 5.41) is 0. The molecule has 0 amide bonds. The fourth-order valence-electron chi connectivity index (χ4n) is 2.89. The minimum absolute atomic E-state index is 0.379. The minimum Gasteiger partial charge on any atom is -0.427 e. The van der Waals surface area contributed by atoms with Crippen molar-refractivity contribution in [2.24, 2.45) is 0 Å². The first-order valence-electron chi connectivity index (χ1n) is 8.75. The Kier molecular flexibility index (Phi) is 6.19. The van der Waals surface area contributed by atoms with Crippen LogP contribution in [0.5, 0.6) is 0 Å². The van der Waals surface area contributed by atoms with E-state index in [-0.39, 0.29) is 11.9 Å². The van der Waals surface area contributed by atoms with Gasteiger partial charge in [-0.15, -0.1) is 0 Å². The quantitative estimate of drug-likeness (QED) is 0.502. The lowest BCUT2D eigenvalue weighted by Gasteiger charge is -2.23. The van der Waals surface area contributed by atoms with E-state index < -0.39 is 0 Å². The lowest BCUT2D eigenvalue weighted by Crippen LogP contribution is -2.12. The van der Waals surface area contributed by atoms with E-state index in [0.29, 0.717) is 35.5 Å². The van der Waals surface area contributed by atoms with Gasteiger partial charge in [0.15, 0.2) is 0 Å². The van der Waals surface area contributed by atoms with Crippen molar-refractivity contribution in [2.45, 2.75) is 53.4 Å². The molecule has 0 saturated carbocycles. The summed E-state index contributed by atoms with van der Waals surface area (Å²) in [4.78, 5) is 23.4. The zero-order chi connectivity index (χ0) is 19.4. The molecular weight excluding hydrogens is 328 g/mol. The Morgan fingerprint density at radius 1 is 0.769 bits per heavy atom. The lowest BCUT2D eigenvalue weighted by molar-refractivity contribution is -0.136. The van der Waals surface area contributed by atoms with Crippen molar-refractivity contribution in [3.05, 3.63) is 70.3 Å². The second kappa shape index (κ2) is 8.17. The molecule has 0 atom stereocenters. The number of carbonyl (C=O) groups excluding carboxylic acids is 2. The number of allylic oxidation sites excluding steroid dienone is 8. The van der Waals surface area contributed by atoms with Gasteiger partial charge in [-0.05, 0) is 62.8 Å². The third kappa shape index (κ3) is 4.72. The average Bonchev–Trinajstić information content (AvgIpc) is 2.58. The van der Waals surface area contributed by atoms with Gasteiger partial charge >= 0.3 is 11.9 Å². The van der Waals surface area contributed by atoms with Gasteiger partial charge < -0.3 is 9.47 Å². The molecule has 0 heterocycles. The number of carbonyl (C=O) groups is 2. The smallest absolute Gasteiger partial charge is 0.338 e. The molecular formula is C22H26O4. The number of hydrogen-bond donors (Lipinski definition) is 0. The molecule has 0 bridgehead atoms. The summed E-state index contributed by atoms with van der Waals surface area (Å²) >= 11 is 0. The van der Waals surface area contributed by atoms with E-state index in [4.69, 9.17) is 9.47 Å². The van der Waals surface area contributed by atoms with E-state index in [1.165, 1.54) is 11.1 Å². The van der Waals surface area contributed by atoms with Crippen LogP contribution in [0.1, 0.15) is 53.4 Å². The van der Waals surface area contributed by atoms with Crippen LogP contribution < -0.4 is 0 Å². The van der Waals surface area contributed by atoms with Crippen LogP contribution in [0, 0.1) is 0 Å². The maximum atomic E-state index is 11.7. The minimum atomic E-state index is -0.379. The second-order valence-electron chi connectivity index (χ2n) is 6.89. The standard InChI is InChI=1S/C22H26O4/c1-13(2)21(23)25-19-9-7-17(11-15(19)5)18-8-10-20(16(6)12-18)26-22(24)14(3)4/h11-12H,1,3,7-10H2,2,4-6H3. The molecule has 0 N–H and O–H groups in total. The molecule has 0 aromatic heterocycles. The highest BCUT2D eigenvalue weighted by molar-refractivity contribution is 5.88. The van der Waals surface area contributed by atoms with E-state index in [1.54, 1.807) is 13.8 Å². The van der Waals surface area contributed by atoms with Gasteiger partial charge in [-0.2, -0.15) is 0 Å². The van der Waals surface area contributed by atoms with Crippen molar-refractivity contribution >= 4 is 11.9 Å². The Bertz CT molecular complexity index is 732. The van der Waals surface area contributed by atoms with Crippen LogP contribution in [-0.4, -0.2) is 11.9 Å². The third-order valence-electron chi connectivity index (χ3n) is 4.45. The molecule has 4 nitrogen and oxygen atoms in total. The Balaban J connectivity index is 2.17. The van der Waals surface area contributed by atoms with Crippen molar-refractivity contribution < 1.29 is 19.1 Å². The maximum Gasteiger partial charge on any atom is 0.338 e. The molecule has 0 spiro atoms. The molecule has 0 aromatic carbocycles. The zero-order valence-corrected chi connectivity index (χ0v) is 16.0. The van der Waals surface area contributed by atoms with Crippen molar-refractivity contribution in [3.8, 4) is 0 Å². The topological polar surface area (TPSA) is 52.6 Å². The van der Waals surface area contributed by atoms with Crippen LogP contribution in [-0.2, 0) is 19.1 Å². The summed E-state index contributed by atoms with van der Waals surface area (Å²) in [6, 6.07) is 0. The predicted molar refractivity (Wildman–Crippen MR) is 102 cm³/mol. The van der Waals surface area contributed by atoms with Gasteiger partial charge in [0.2, 0.25) is 0 Å². The van der Waals surface area contributed by atoms with E-state index >= 15 is 0 Å². The first-order chi connectivity index (χ1) is 12.2. The molecule has 26 heavy (non-hydrogen) atoms. The number of rotatable bonds is 5. The molecule has 4 heteroatoms. The Labute approximate surface area is 155 Å². The summed E-state index contributed by atoms with van der Waals surface area (Å²) in [6.07, 6.45) is 7.16. The van der Waals surface area contributed by atoms with Crippen molar-refractivity contribution in [1.29, 1.82) is 0 Å². The van der Waals surface area contributed by atoms with Gasteiger partial charge in [0.25, 0.3) is 0 Å². The second-order valence-corrected chi connectivity index (χ2v) is 6.89. The van der Waals surface area contributed by atoms with Crippen LogP contribution in [0.3, 0.4) is 0 Å². The van der Waals surface area contributed by atoms with E-state index in [0.717, 1.165) is 24.0 Å². The third-order valence-corrected chi connectivity index (χ3v) is 4.45. The van der Waals surface area contributed by atoms with Gasteiger partial charge in [0.05, 0.1) is 0 Å². The summed E-state index contributed by atoms with van der Waals surface area (Å²) < 4.78 is 10.8. The predicted octanol–water partition coefficient (Wildman–Crippen LogP) is 5.21. The van der Waals surface area contributed by atoms with Gasteiger partial charge in [-0.1, -0.05) is 25.3 Å². The highest BCUT2D eigenvalue weighted by Crippen LogP contribution is 2.35. The largest absolute Gasteiger partial charge is 0.427 e. The summed E-state index contributed by atoms with van der Waals surface area (Å²) in [5.74, 6) is 0.662. The SMILES string of the molecule is C=C(C)C(=O)OC1=C(C)C=C(C2=CC(C)=C(OC(=O)C(=C)C)CC2)CC1. The molecule has 138 valence electrons. The fraction of sp³-hybridized carbons (Fsp3) is 0.364. The molecule has 0 fully saturated rings. The summed E-state index contributed by atoms with van der Waals surface area (Å²) in [5.41, 5.74) is 5.19. The number of hydrogen-bond acceptors (Lipinski definition) is 4. The molecule has 0 aliphatic heterocycles. The van der Waals surface area contributed by atoms with Crippen LogP contribution in [0.15, 0.2) is 70.3 Å². The van der Waals surface area contributed by atoms with Gasteiger partial charge in [0, 0.05) is 24.0 Å². The monoisotopic (exact) mass is 354 g/mol. The molecule has 2 aliphatic carbocycles. The maximum absolute atomic E-state index is 11.7. The Morgan fingerprint density at radius 2 is 1.12 bits per heavy atom. The fourth-order valence-corrected chi connectivity index (χ4v) is 2.89. The van der Waals surface area contributed by atoms with Crippen LogP contribution >= 0.6 is 0 Å². The molecule has 0 radical (unpaired) electrons. The van der Waals surface area contributed by atoms with E-state index in [2.05, 4.69) is 25.3 Å². The van der Waals surface area contributed by atoms with E-state index in [9.17, 15) is 9.59 Å². The molecule has 0 unspecified atom stereocenters. The van der Waals surface area contributed by atoms with Gasteiger partial charge in [-0.3, -0.25) is 0 Å². The number of esters is 2. The van der Waals surface area contributed by atoms with Crippen LogP contribution in [0.4, 0.5) is 0 Å². The lowest BCUT2D eigenvalue weighted by atomic mass is 9.87. The van der Waals surface area contributed by atoms with Gasteiger partial charge in [-0.25, -0.2) is 9.59 Å². The molecule has 2 rings (SSSR count). The van der Waals surface area contributed by atoms with Crippen LogP contribution in [0.25, 0.3) is 0 Å². The van der Waals surface area contributed by atoms with Crippen LogP contribution in [0.2, 0.25) is 0 Å². The zero-order valence-electron chi connectivity index (χ0n) is 16.0. The first-order valence-corrected chi connectivity index (χ1v) is 8.75. The average molecular weight is 354 g/mol. The van der Waals surface area contributed by atoms with Crippen molar-refractivity contribution in [3.63, 3.8) is 0 Å². The molecule has 0 saturated heterocycles. The highest BCUT2D eigenvalue weighted by Gasteiger charge is 2.21. The molecule has 2 aliphatic rings. The Morgan fingerprint density at radius 3 is 1.38 bits per heavy atom.